The van der Waals surface area contributed by atoms with E-state index in [1.807, 2.05) is 63.2 Å². The van der Waals surface area contributed by atoms with Gasteiger partial charge in [0.15, 0.2) is 7.80 Å². The van der Waals surface area contributed by atoms with Gasteiger partial charge in [0.05, 0.1) is 5.66 Å². The van der Waals surface area contributed by atoms with Gasteiger partial charge in [0, 0.05) is 5.56 Å². The van der Waals surface area contributed by atoms with Crippen LogP contribution in [0.2, 0.25) is 0 Å². The summed E-state index contributed by atoms with van der Waals surface area (Å²) >= 11 is 0. The predicted octanol–water partition coefficient (Wildman–Crippen LogP) is 7.78. The first-order valence-electron chi connectivity index (χ1n) is 10.1. The van der Waals surface area contributed by atoms with Crippen LogP contribution in [-0.2, 0) is 4.57 Å². The normalized spacial score (nSPS) is 14.5. The Bertz CT molecular complexity index is 824. The van der Waals surface area contributed by atoms with Crippen molar-refractivity contribution in [3.05, 3.63) is 70.3 Å². The van der Waals surface area contributed by atoms with Crippen molar-refractivity contribution in [1.29, 1.82) is 0 Å². The first-order valence-corrected chi connectivity index (χ1v) is 11.5. The lowest BCUT2D eigenvalue weighted by molar-refractivity contribution is 0.107. The summed E-state index contributed by atoms with van der Waals surface area (Å²) in [5, 5.41) is 0. The molecule has 3 atom stereocenters. The molecule has 0 amide bonds. The van der Waals surface area contributed by atoms with Gasteiger partial charge in [-0.1, -0.05) is 75.7 Å². The Balaban J connectivity index is 2.38. The quantitative estimate of drug-likeness (QED) is 0.447. The second kappa shape index (κ2) is 9.14. The molecule has 2 rings (SSSR count). The summed E-state index contributed by atoms with van der Waals surface area (Å²) in [6.45, 7) is 14.8. The summed E-state index contributed by atoms with van der Waals surface area (Å²) in [5.41, 5.74) is 4.35. The molecule has 3 unspecified atom stereocenters. The molecular weight excluding hydrogens is 363 g/mol. The van der Waals surface area contributed by atoms with Crippen molar-refractivity contribution >= 4 is 13.3 Å². The van der Waals surface area contributed by atoms with Crippen molar-refractivity contribution in [2.75, 3.05) is 0 Å². The monoisotopic (exact) mass is 397 g/mol. The molecule has 2 aromatic rings. The standard InChI is InChI=1S/C25H34O2P/c1-17-13-19(3)23(20(4)14-17)24(26)28(27)22(21-11-9-8-10-12-21)15-18(2)16-25(5,6)7/h8-14,18,22H,15-16H2,1-7H3. The zero-order valence-corrected chi connectivity index (χ0v) is 19.3. The molecule has 0 saturated heterocycles. The Morgan fingerprint density at radius 2 is 1.54 bits per heavy atom. The maximum Gasteiger partial charge on any atom is 0.242 e. The van der Waals surface area contributed by atoms with Crippen molar-refractivity contribution in [3.63, 3.8) is 0 Å². The van der Waals surface area contributed by atoms with E-state index in [2.05, 4.69) is 27.7 Å². The summed E-state index contributed by atoms with van der Waals surface area (Å²) in [6, 6.07) is 13.9. The molecule has 2 aromatic carbocycles. The first kappa shape index (κ1) is 22.5. The predicted molar refractivity (Wildman–Crippen MR) is 120 cm³/mol. The molecule has 0 fully saturated rings. The van der Waals surface area contributed by atoms with Gasteiger partial charge in [-0.05, 0) is 61.6 Å². The van der Waals surface area contributed by atoms with Crippen LogP contribution < -0.4 is 0 Å². The molecule has 0 aromatic heterocycles. The van der Waals surface area contributed by atoms with Crippen LogP contribution >= 0.6 is 7.80 Å². The molecule has 0 heterocycles. The van der Waals surface area contributed by atoms with E-state index in [-0.39, 0.29) is 16.6 Å². The number of hydrogen-bond acceptors (Lipinski definition) is 2. The van der Waals surface area contributed by atoms with Gasteiger partial charge in [-0.3, -0.25) is 9.36 Å². The molecule has 0 N–H and O–H groups in total. The summed E-state index contributed by atoms with van der Waals surface area (Å²) < 4.78 is 13.5. The van der Waals surface area contributed by atoms with Crippen LogP contribution in [0, 0.1) is 32.1 Å². The fourth-order valence-corrected chi connectivity index (χ4v) is 6.17. The summed E-state index contributed by atoms with van der Waals surface area (Å²) in [4.78, 5) is 13.3. The molecule has 0 bridgehead atoms. The second-order valence-corrected chi connectivity index (χ2v) is 11.1. The molecule has 151 valence electrons. The topological polar surface area (TPSA) is 34.1 Å². The van der Waals surface area contributed by atoms with Gasteiger partial charge >= 0.3 is 0 Å². The smallest absolute Gasteiger partial charge is 0.242 e. The van der Waals surface area contributed by atoms with Gasteiger partial charge in [0.25, 0.3) is 0 Å². The van der Waals surface area contributed by atoms with E-state index in [9.17, 15) is 9.36 Å². The van der Waals surface area contributed by atoms with E-state index in [4.69, 9.17) is 0 Å². The number of aryl methyl sites for hydroxylation is 3. The molecule has 0 aliphatic rings. The Kier molecular flexibility index (Phi) is 7.34. The van der Waals surface area contributed by atoms with E-state index in [0.29, 0.717) is 11.5 Å². The lowest BCUT2D eigenvalue weighted by Gasteiger charge is -2.26. The number of rotatable bonds is 7. The molecule has 0 spiro atoms. The maximum atomic E-state index is 13.5. The molecule has 1 radical (unpaired) electrons. The van der Waals surface area contributed by atoms with Crippen LogP contribution in [0.5, 0.6) is 0 Å². The average molecular weight is 398 g/mol. The molecule has 0 saturated carbocycles. The minimum atomic E-state index is -2.06. The molecular formula is C25H34O2P. The molecule has 0 aliphatic heterocycles. The fourth-order valence-electron chi connectivity index (χ4n) is 4.32. The minimum absolute atomic E-state index is 0.207. The third-order valence-electron chi connectivity index (χ3n) is 5.14. The SMILES string of the molecule is Cc1cc(C)c(C(=O)[P](=O)C(CC(C)CC(C)(C)C)c2ccccc2)c(C)c1. The third-order valence-corrected chi connectivity index (χ3v) is 6.84. The van der Waals surface area contributed by atoms with Gasteiger partial charge in [-0.2, -0.15) is 0 Å². The Hall–Kier alpha value is -1.79. The van der Waals surface area contributed by atoms with Crippen molar-refractivity contribution in [2.45, 2.75) is 67.0 Å². The highest BCUT2D eigenvalue weighted by Crippen LogP contribution is 2.49. The van der Waals surface area contributed by atoms with Gasteiger partial charge in [-0.15, -0.1) is 0 Å². The van der Waals surface area contributed by atoms with Crippen molar-refractivity contribution in [1.82, 2.24) is 0 Å². The number of hydrogen-bond donors (Lipinski definition) is 0. The summed E-state index contributed by atoms with van der Waals surface area (Å²) in [5.74, 6) is 0.386. The van der Waals surface area contributed by atoms with E-state index >= 15 is 0 Å². The zero-order chi connectivity index (χ0) is 21.1. The van der Waals surface area contributed by atoms with Gasteiger partial charge in [0.2, 0.25) is 5.52 Å². The van der Waals surface area contributed by atoms with E-state index in [1.54, 1.807) is 0 Å². The van der Waals surface area contributed by atoms with Gasteiger partial charge in [-0.25, -0.2) is 0 Å². The van der Waals surface area contributed by atoms with Gasteiger partial charge < -0.3 is 0 Å². The fraction of sp³-hybridized carbons (Fsp3) is 0.480. The van der Waals surface area contributed by atoms with Crippen LogP contribution in [0.3, 0.4) is 0 Å². The molecule has 0 aliphatic carbocycles. The average Bonchev–Trinajstić information content (AvgIpc) is 2.57. The summed E-state index contributed by atoms with van der Waals surface area (Å²) in [6.07, 6.45) is 1.79. The first-order chi connectivity index (χ1) is 13.0. The highest BCUT2D eigenvalue weighted by Gasteiger charge is 2.31. The Morgan fingerprint density at radius 1 is 1.00 bits per heavy atom. The van der Waals surface area contributed by atoms with Crippen LogP contribution in [0.4, 0.5) is 0 Å². The van der Waals surface area contributed by atoms with E-state index in [0.717, 1.165) is 35.1 Å². The van der Waals surface area contributed by atoms with Crippen LogP contribution in [0.1, 0.15) is 78.8 Å². The number of benzene rings is 2. The van der Waals surface area contributed by atoms with Gasteiger partial charge in [0.1, 0.15) is 0 Å². The molecule has 3 heteroatoms. The van der Waals surface area contributed by atoms with Crippen molar-refractivity contribution in [3.8, 4) is 0 Å². The highest BCUT2D eigenvalue weighted by molar-refractivity contribution is 7.64. The number of carbonyl (C=O) groups is 1. The lowest BCUT2D eigenvalue weighted by atomic mass is 9.83. The van der Waals surface area contributed by atoms with E-state index < -0.39 is 7.80 Å². The second-order valence-electron chi connectivity index (χ2n) is 9.44. The van der Waals surface area contributed by atoms with Crippen LogP contribution in [0.15, 0.2) is 42.5 Å². The Morgan fingerprint density at radius 3 is 2.04 bits per heavy atom. The lowest BCUT2D eigenvalue weighted by Crippen LogP contribution is -2.14. The molecule has 28 heavy (non-hydrogen) atoms. The highest BCUT2D eigenvalue weighted by atomic mass is 31.1. The van der Waals surface area contributed by atoms with E-state index in [1.165, 1.54) is 0 Å². The zero-order valence-electron chi connectivity index (χ0n) is 18.4. The maximum absolute atomic E-state index is 13.5. The minimum Gasteiger partial charge on any atom is -0.281 e. The molecule has 2 nitrogen and oxygen atoms in total. The number of carbonyl (C=O) groups excluding carboxylic acids is 1. The summed E-state index contributed by atoms with van der Waals surface area (Å²) in [7, 11) is -2.06. The Labute approximate surface area is 171 Å². The van der Waals surface area contributed by atoms with Crippen LogP contribution in [-0.4, -0.2) is 5.52 Å². The third kappa shape index (κ3) is 5.85. The largest absolute Gasteiger partial charge is 0.281 e. The van der Waals surface area contributed by atoms with Crippen LogP contribution in [0.25, 0.3) is 0 Å². The van der Waals surface area contributed by atoms with Crippen molar-refractivity contribution in [2.24, 2.45) is 11.3 Å². The van der Waals surface area contributed by atoms with Crippen molar-refractivity contribution < 1.29 is 9.36 Å².